The number of aliphatic hydroxyl groups is 1. The summed E-state index contributed by atoms with van der Waals surface area (Å²) in [6, 6.07) is 8.01. The number of aromatic nitrogens is 1. The van der Waals surface area contributed by atoms with Crippen LogP contribution in [0, 0.1) is 0 Å². The first-order valence-electron chi connectivity index (χ1n) is 6.63. The molecule has 0 bridgehead atoms. The van der Waals surface area contributed by atoms with Gasteiger partial charge in [0.1, 0.15) is 11.6 Å². The van der Waals surface area contributed by atoms with Crippen molar-refractivity contribution in [1.82, 2.24) is 4.98 Å². The summed E-state index contributed by atoms with van der Waals surface area (Å²) >= 11 is 0. The van der Waals surface area contributed by atoms with Gasteiger partial charge in [-0.05, 0) is 36.4 Å². The highest BCUT2D eigenvalue weighted by Gasteiger charge is 2.20. The number of β-amino-alcohol motifs (C(OH)–C–C–N with tert-alkyl or cyclic N) is 1. The van der Waals surface area contributed by atoms with E-state index in [1.165, 1.54) is 0 Å². The smallest absolute Gasteiger partial charge is 0.136 e. The van der Waals surface area contributed by atoms with E-state index in [9.17, 15) is 5.11 Å². The fourth-order valence-electron chi connectivity index (χ4n) is 2.66. The summed E-state index contributed by atoms with van der Waals surface area (Å²) in [7, 11) is 1.67. The predicted octanol–water partition coefficient (Wildman–Crippen LogP) is 2.20. The highest BCUT2D eigenvalue weighted by molar-refractivity contribution is 5.93. The van der Waals surface area contributed by atoms with Gasteiger partial charge >= 0.3 is 0 Å². The molecular formula is C15H18N2O2. The van der Waals surface area contributed by atoms with Crippen LogP contribution in [0.4, 0.5) is 5.82 Å². The van der Waals surface area contributed by atoms with Crippen LogP contribution in [0.25, 0.3) is 10.8 Å². The summed E-state index contributed by atoms with van der Waals surface area (Å²) in [6.45, 7) is 1.60. The van der Waals surface area contributed by atoms with Crippen molar-refractivity contribution in [3.05, 3.63) is 30.5 Å². The van der Waals surface area contributed by atoms with Crippen molar-refractivity contribution in [2.75, 3.05) is 25.1 Å². The Labute approximate surface area is 112 Å². The van der Waals surface area contributed by atoms with E-state index < -0.39 is 0 Å². The van der Waals surface area contributed by atoms with Crippen LogP contribution in [0.2, 0.25) is 0 Å². The molecule has 1 atom stereocenters. The number of nitrogens with zero attached hydrogens (tertiary/aromatic N) is 2. The Bertz CT molecular complexity index is 585. The zero-order valence-corrected chi connectivity index (χ0v) is 11.0. The Balaban J connectivity index is 2.06. The Morgan fingerprint density at radius 3 is 3.05 bits per heavy atom. The molecule has 1 N–H and O–H groups in total. The van der Waals surface area contributed by atoms with Crippen molar-refractivity contribution in [2.24, 2.45) is 0 Å². The van der Waals surface area contributed by atoms with E-state index in [4.69, 9.17) is 4.74 Å². The summed E-state index contributed by atoms with van der Waals surface area (Å²) in [5.74, 6) is 1.77. The monoisotopic (exact) mass is 258 g/mol. The molecule has 1 aliphatic heterocycles. The Hall–Kier alpha value is -1.81. The lowest BCUT2D eigenvalue weighted by Gasteiger charge is -2.31. The van der Waals surface area contributed by atoms with Crippen molar-refractivity contribution in [2.45, 2.75) is 18.9 Å². The second kappa shape index (κ2) is 5.05. The second-order valence-electron chi connectivity index (χ2n) is 4.96. The number of aliphatic hydroxyl groups excluding tert-OH is 1. The average Bonchev–Trinajstić information content (AvgIpc) is 2.46. The van der Waals surface area contributed by atoms with Crippen LogP contribution in [-0.4, -0.2) is 36.4 Å². The fraction of sp³-hybridized carbons (Fsp3) is 0.400. The molecule has 1 fully saturated rings. The van der Waals surface area contributed by atoms with E-state index >= 15 is 0 Å². The van der Waals surface area contributed by atoms with Crippen LogP contribution < -0.4 is 9.64 Å². The summed E-state index contributed by atoms with van der Waals surface area (Å²) in [6.07, 6.45) is 3.45. The summed E-state index contributed by atoms with van der Waals surface area (Å²) in [5.41, 5.74) is 0. The molecule has 1 aliphatic rings. The molecule has 0 saturated carbocycles. The van der Waals surface area contributed by atoms with E-state index in [0.717, 1.165) is 41.7 Å². The standard InChI is InChI=1S/C15H18N2O2/c1-19-13-5-4-11-6-7-16-15(14(11)9-13)17-8-2-3-12(18)10-17/h4-7,9,12,18H,2-3,8,10H2,1H3/t12-/m0/s1. The van der Waals surface area contributed by atoms with Gasteiger partial charge in [0.05, 0.1) is 13.2 Å². The predicted molar refractivity (Wildman–Crippen MR) is 75.7 cm³/mol. The zero-order valence-electron chi connectivity index (χ0n) is 11.0. The van der Waals surface area contributed by atoms with E-state index in [2.05, 4.69) is 9.88 Å². The van der Waals surface area contributed by atoms with Crippen molar-refractivity contribution in [1.29, 1.82) is 0 Å². The van der Waals surface area contributed by atoms with Gasteiger partial charge in [-0.1, -0.05) is 6.07 Å². The Morgan fingerprint density at radius 2 is 2.26 bits per heavy atom. The lowest BCUT2D eigenvalue weighted by atomic mass is 10.1. The molecular weight excluding hydrogens is 240 g/mol. The number of hydrogen-bond acceptors (Lipinski definition) is 4. The number of methoxy groups -OCH3 is 1. The van der Waals surface area contributed by atoms with Gasteiger partial charge in [-0.3, -0.25) is 0 Å². The molecule has 19 heavy (non-hydrogen) atoms. The number of hydrogen-bond donors (Lipinski definition) is 1. The number of ether oxygens (including phenoxy) is 1. The lowest BCUT2D eigenvalue weighted by molar-refractivity contribution is 0.154. The molecule has 4 nitrogen and oxygen atoms in total. The first-order valence-corrected chi connectivity index (χ1v) is 6.63. The molecule has 3 rings (SSSR count). The van der Waals surface area contributed by atoms with Crippen LogP contribution in [-0.2, 0) is 0 Å². The summed E-state index contributed by atoms with van der Waals surface area (Å²) < 4.78 is 5.29. The minimum atomic E-state index is -0.253. The van der Waals surface area contributed by atoms with E-state index in [0.29, 0.717) is 6.54 Å². The molecule has 2 aromatic rings. The number of anilines is 1. The molecule has 1 aromatic carbocycles. The molecule has 0 amide bonds. The van der Waals surface area contributed by atoms with Crippen LogP contribution in [0.1, 0.15) is 12.8 Å². The van der Waals surface area contributed by atoms with E-state index in [1.54, 1.807) is 7.11 Å². The van der Waals surface area contributed by atoms with E-state index in [1.807, 2.05) is 30.5 Å². The molecule has 0 unspecified atom stereocenters. The van der Waals surface area contributed by atoms with Gasteiger partial charge in [0.25, 0.3) is 0 Å². The first kappa shape index (κ1) is 12.2. The number of fused-ring (bicyclic) bond motifs is 1. The fourth-order valence-corrected chi connectivity index (χ4v) is 2.66. The number of piperidine rings is 1. The highest BCUT2D eigenvalue weighted by atomic mass is 16.5. The lowest BCUT2D eigenvalue weighted by Crippen LogP contribution is -2.38. The third-order valence-electron chi connectivity index (χ3n) is 3.65. The van der Waals surface area contributed by atoms with Crippen molar-refractivity contribution in [3.63, 3.8) is 0 Å². The third kappa shape index (κ3) is 2.36. The highest BCUT2D eigenvalue weighted by Crippen LogP contribution is 2.29. The molecule has 2 heterocycles. The van der Waals surface area contributed by atoms with Crippen LogP contribution in [0.15, 0.2) is 30.5 Å². The van der Waals surface area contributed by atoms with Gasteiger partial charge < -0.3 is 14.7 Å². The number of pyridine rings is 1. The minimum Gasteiger partial charge on any atom is -0.497 e. The molecule has 100 valence electrons. The zero-order chi connectivity index (χ0) is 13.2. The SMILES string of the molecule is COc1ccc2ccnc(N3CCC[C@H](O)C3)c2c1. The van der Waals surface area contributed by atoms with Crippen molar-refractivity contribution >= 4 is 16.6 Å². The van der Waals surface area contributed by atoms with Crippen molar-refractivity contribution < 1.29 is 9.84 Å². The minimum absolute atomic E-state index is 0.253. The number of benzene rings is 1. The molecule has 1 saturated heterocycles. The maximum Gasteiger partial charge on any atom is 0.136 e. The van der Waals surface area contributed by atoms with Gasteiger partial charge in [-0.25, -0.2) is 4.98 Å². The molecule has 1 aromatic heterocycles. The van der Waals surface area contributed by atoms with Gasteiger partial charge in [0.15, 0.2) is 0 Å². The van der Waals surface area contributed by atoms with Crippen LogP contribution in [0.3, 0.4) is 0 Å². The van der Waals surface area contributed by atoms with Gasteiger partial charge in [0, 0.05) is 24.7 Å². The Kier molecular flexibility index (Phi) is 3.25. The summed E-state index contributed by atoms with van der Waals surface area (Å²) in [5, 5.41) is 12.0. The largest absolute Gasteiger partial charge is 0.497 e. The quantitative estimate of drug-likeness (QED) is 0.897. The topological polar surface area (TPSA) is 45.6 Å². The van der Waals surface area contributed by atoms with Crippen molar-refractivity contribution in [3.8, 4) is 5.75 Å². The average molecular weight is 258 g/mol. The van der Waals surface area contributed by atoms with E-state index in [-0.39, 0.29) is 6.10 Å². The Morgan fingerprint density at radius 1 is 1.37 bits per heavy atom. The second-order valence-corrected chi connectivity index (χ2v) is 4.96. The first-order chi connectivity index (χ1) is 9.28. The molecule has 0 spiro atoms. The third-order valence-corrected chi connectivity index (χ3v) is 3.65. The van der Waals surface area contributed by atoms with Gasteiger partial charge in [0.2, 0.25) is 0 Å². The van der Waals surface area contributed by atoms with Gasteiger partial charge in [-0.15, -0.1) is 0 Å². The molecule has 0 aliphatic carbocycles. The number of rotatable bonds is 2. The molecule has 0 radical (unpaired) electrons. The van der Waals surface area contributed by atoms with Crippen LogP contribution >= 0.6 is 0 Å². The molecule has 4 heteroatoms. The van der Waals surface area contributed by atoms with Gasteiger partial charge in [-0.2, -0.15) is 0 Å². The normalized spacial score (nSPS) is 19.7. The van der Waals surface area contributed by atoms with Crippen LogP contribution in [0.5, 0.6) is 5.75 Å². The maximum absolute atomic E-state index is 9.82. The maximum atomic E-state index is 9.82. The summed E-state index contributed by atoms with van der Waals surface area (Å²) in [4.78, 5) is 6.66.